The van der Waals surface area contributed by atoms with Crippen LogP contribution in [0.3, 0.4) is 0 Å². The molecule has 1 unspecified atom stereocenters. The number of hydrogen-bond donors (Lipinski definition) is 0. The fourth-order valence-electron chi connectivity index (χ4n) is 4.15. The third-order valence-electron chi connectivity index (χ3n) is 5.76. The van der Waals surface area contributed by atoms with Gasteiger partial charge in [-0.1, -0.05) is 29.8 Å². The maximum absolute atomic E-state index is 12.8. The van der Waals surface area contributed by atoms with Crippen LogP contribution in [-0.4, -0.2) is 43.1 Å². The van der Waals surface area contributed by atoms with Crippen molar-refractivity contribution in [2.45, 2.75) is 26.2 Å². The van der Waals surface area contributed by atoms with Gasteiger partial charge in [-0.05, 0) is 55.2 Å². The summed E-state index contributed by atoms with van der Waals surface area (Å²) in [6, 6.07) is 11.5. The van der Waals surface area contributed by atoms with Crippen molar-refractivity contribution in [2.75, 3.05) is 26.3 Å². The summed E-state index contributed by atoms with van der Waals surface area (Å²) in [4.78, 5) is 36.9. The molecule has 2 aromatic carbocycles. The Morgan fingerprint density at radius 3 is 3.00 bits per heavy atom. The summed E-state index contributed by atoms with van der Waals surface area (Å²) in [6.07, 6.45) is 5.63. The van der Waals surface area contributed by atoms with Gasteiger partial charge in [0, 0.05) is 41.7 Å². The summed E-state index contributed by atoms with van der Waals surface area (Å²) in [7, 11) is 0. The number of benzene rings is 2. The van der Waals surface area contributed by atoms with Gasteiger partial charge in [-0.3, -0.25) is 9.59 Å². The standard InChI is InChI=1S/C25H26ClNO5/c1-2-30-25(29)20-6-4-13-27(16-20)23(28)11-9-17-5-3-7-21(26)24(17)19-8-10-22-18(15-19)12-14-31-32-22/h3,5,7-11,15,20H,2,4,6,12-14,16H2,1H3/b11-9+. The van der Waals surface area contributed by atoms with E-state index in [1.54, 1.807) is 24.0 Å². The number of carbonyl (C=O) groups excluding carboxylic acids is 2. The predicted octanol–water partition coefficient (Wildman–Crippen LogP) is 4.69. The minimum atomic E-state index is -0.260. The third kappa shape index (κ3) is 4.97. The Balaban J connectivity index is 1.54. The van der Waals surface area contributed by atoms with E-state index in [1.807, 2.05) is 36.4 Å². The summed E-state index contributed by atoms with van der Waals surface area (Å²) >= 11 is 6.56. The van der Waals surface area contributed by atoms with Crippen LogP contribution in [0, 0.1) is 5.92 Å². The smallest absolute Gasteiger partial charge is 0.310 e. The van der Waals surface area contributed by atoms with Gasteiger partial charge in [-0.15, -0.1) is 0 Å². The van der Waals surface area contributed by atoms with E-state index < -0.39 is 0 Å². The zero-order valence-electron chi connectivity index (χ0n) is 18.0. The molecule has 0 aliphatic carbocycles. The Kier molecular flexibility index (Phi) is 7.12. The molecule has 7 heteroatoms. The van der Waals surface area contributed by atoms with Crippen LogP contribution < -0.4 is 4.89 Å². The van der Waals surface area contributed by atoms with E-state index in [1.165, 1.54) is 0 Å². The second-order valence-corrected chi connectivity index (χ2v) is 8.30. The number of hydrogen-bond acceptors (Lipinski definition) is 5. The minimum Gasteiger partial charge on any atom is -0.466 e. The van der Waals surface area contributed by atoms with Gasteiger partial charge in [-0.2, -0.15) is 4.89 Å². The lowest BCUT2D eigenvalue weighted by atomic mass is 9.96. The van der Waals surface area contributed by atoms with Crippen LogP contribution in [0.2, 0.25) is 5.02 Å². The molecule has 0 radical (unpaired) electrons. The number of fused-ring (bicyclic) bond motifs is 1. The predicted molar refractivity (Wildman–Crippen MR) is 122 cm³/mol. The first kappa shape index (κ1) is 22.4. The van der Waals surface area contributed by atoms with Crippen molar-refractivity contribution in [3.63, 3.8) is 0 Å². The number of carbonyl (C=O) groups is 2. The molecule has 1 fully saturated rings. The number of esters is 1. The molecule has 0 spiro atoms. The fraction of sp³-hybridized carbons (Fsp3) is 0.360. The number of likely N-dealkylation sites (tertiary alicyclic amines) is 1. The average molecular weight is 456 g/mol. The molecule has 2 aliphatic heterocycles. The van der Waals surface area contributed by atoms with Gasteiger partial charge in [0.2, 0.25) is 5.91 Å². The van der Waals surface area contributed by atoms with Gasteiger partial charge in [0.05, 0.1) is 19.1 Å². The quantitative estimate of drug-likeness (QED) is 0.372. The highest BCUT2D eigenvalue weighted by Crippen LogP contribution is 2.36. The Morgan fingerprint density at radius 1 is 1.28 bits per heavy atom. The van der Waals surface area contributed by atoms with E-state index in [0.717, 1.165) is 41.5 Å². The van der Waals surface area contributed by atoms with Gasteiger partial charge in [0.15, 0.2) is 5.75 Å². The van der Waals surface area contributed by atoms with Crippen LogP contribution in [0.5, 0.6) is 5.75 Å². The number of amides is 1. The largest absolute Gasteiger partial charge is 0.466 e. The number of ether oxygens (including phenoxy) is 1. The lowest BCUT2D eigenvalue weighted by Crippen LogP contribution is -2.42. The van der Waals surface area contributed by atoms with Crippen molar-refractivity contribution in [3.05, 3.63) is 58.6 Å². The van der Waals surface area contributed by atoms with Crippen molar-refractivity contribution in [3.8, 4) is 16.9 Å². The molecule has 6 nitrogen and oxygen atoms in total. The summed E-state index contributed by atoms with van der Waals surface area (Å²) in [5.41, 5.74) is 3.71. The van der Waals surface area contributed by atoms with Crippen molar-refractivity contribution < 1.29 is 24.1 Å². The third-order valence-corrected chi connectivity index (χ3v) is 6.07. The Hall–Kier alpha value is -2.83. The van der Waals surface area contributed by atoms with Crippen LogP contribution in [0.25, 0.3) is 17.2 Å². The molecule has 0 aromatic heterocycles. The van der Waals surface area contributed by atoms with E-state index >= 15 is 0 Å². The second kappa shape index (κ2) is 10.2. The summed E-state index contributed by atoms with van der Waals surface area (Å²) in [6.45, 7) is 3.66. The molecule has 0 bridgehead atoms. The van der Waals surface area contributed by atoms with E-state index in [2.05, 4.69) is 0 Å². The van der Waals surface area contributed by atoms with Crippen LogP contribution >= 0.6 is 11.6 Å². The number of nitrogens with zero attached hydrogens (tertiary/aromatic N) is 1. The van der Waals surface area contributed by atoms with Gasteiger partial charge >= 0.3 is 5.97 Å². The summed E-state index contributed by atoms with van der Waals surface area (Å²) in [5, 5.41) is 0.605. The minimum absolute atomic E-state index is 0.124. The van der Waals surface area contributed by atoms with Crippen LogP contribution in [0.1, 0.15) is 30.9 Å². The second-order valence-electron chi connectivity index (χ2n) is 7.89. The zero-order valence-corrected chi connectivity index (χ0v) is 18.8. The Labute approximate surface area is 192 Å². The van der Waals surface area contributed by atoms with Crippen LogP contribution in [0.15, 0.2) is 42.5 Å². The number of piperidine rings is 1. The highest BCUT2D eigenvalue weighted by molar-refractivity contribution is 6.33. The van der Waals surface area contributed by atoms with Crippen LogP contribution in [0.4, 0.5) is 0 Å². The van der Waals surface area contributed by atoms with Gasteiger partial charge < -0.3 is 14.5 Å². The fourth-order valence-corrected chi connectivity index (χ4v) is 4.44. The highest BCUT2D eigenvalue weighted by Gasteiger charge is 2.28. The molecule has 1 saturated heterocycles. The normalized spacial score (nSPS) is 18.2. The lowest BCUT2D eigenvalue weighted by molar-refractivity contribution is -0.215. The molecule has 2 heterocycles. The number of halogens is 1. The van der Waals surface area contributed by atoms with E-state index in [-0.39, 0.29) is 17.8 Å². The lowest BCUT2D eigenvalue weighted by Gasteiger charge is -2.30. The van der Waals surface area contributed by atoms with Gasteiger partial charge in [0.25, 0.3) is 0 Å². The Morgan fingerprint density at radius 2 is 2.16 bits per heavy atom. The van der Waals surface area contributed by atoms with Crippen molar-refractivity contribution in [2.24, 2.45) is 5.92 Å². The topological polar surface area (TPSA) is 65.1 Å². The molecule has 0 saturated carbocycles. The molecule has 168 valence electrons. The van der Waals surface area contributed by atoms with Gasteiger partial charge in [0.1, 0.15) is 0 Å². The number of rotatable bonds is 5. The Bertz CT molecular complexity index is 1030. The van der Waals surface area contributed by atoms with Gasteiger partial charge in [-0.25, -0.2) is 0 Å². The molecule has 1 amide bonds. The molecular formula is C25H26ClNO5. The van der Waals surface area contributed by atoms with Crippen molar-refractivity contribution in [1.82, 2.24) is 4.90 Å². The molecule has 1 atom stereocenters. The monoisotopic (exact) mass is 455 g/mol. The van der Waals surface area contributed by atoms with E-state index in [9.17, 15) is 9.59 Å². The molecule has 2 aromatic rings. The molecule has 2 aliphatic rings. The van der Waals surface area contributed by atoms with Crippen LogP contribution in [-0.2, 0) is 25.6 Å². The maximum Gasteiger partial charge on any atom is 0.310 e. The summed E-state index contributed by atoms with van der Waals surface area (Å²) in [5.74, 6) is 0.0962. The molecular weight excluding hydrogens is 430 g/mol. The van der Waals surface area contributed by atoms with Crippen molar-refractivity contribution >= 4 is 29.6 Å². The zero-order chi connectivity index (χ0) is 22.5. The SMILES string of the molecule is CCOC(=O)C1CCCN(C(=O)/C=C/c2cccc(Cl)c2-c2ccc3c(c2)CCOO3)C1. The maximum atomic E-state index is 12.8. The molecule has 32 heavy (non-hydrogen) atoms. The summed E-state index contributed by atoms with van der Waals surface area (Å²) < 4.78 is 5.13. The first-order chi connectivity index (χ1) is 15.6. The van der Waals surface area contributed by atoms with Crippen molar-refractivity contribution in [1.29, 1.82) is 0 Å². The first-order valence-electron chi connectivity index (χ1n) is 10.9. The van der Waals surface area contributed by atoms with E-state index in [0.29, 0.717) is 37.1 Å². The highest BCUT2D eigenvalue weighted by atomic mass is 35.5. The first-order valence-corrected chi connectivity index (χ1v) is 11.3. The van der Waals surface area contributed by atoms with E-state index in [4.69, 9.17) is 26.1 Å². The average Bonchev–Trinajstić information content (AvgIpc) is 2.82. The molecule has 4 rings (SSSR count). The molecule has 0 N–H and O–H groups in total.